The second-order valence-electron chi connectivity index (χ2n) is 6.77. The fraction of sp³-hybridized carbons (Fsp3) is 0.824. The van der Waals surface area contributed by atoms with Crippen LogP contribution in [0, 0.1) is 0 Å². The van der Waals surface area contributed by atoms with E-state index in [1.165, 1.54) is 7.11 Å². The maximum atomic E-state index is 13.1. The van der Waals surface area contributed by atoms with Gasteiger partial charge in [-0.3, -0.25) is 19.4 Å². The van der Waals surface area contributed by atoms with E-state index in [-0.39, 0.29) is 18.5 Å². The molecule has 0 N–H and O–H groups in total. The fourth-order valence-electron chi connectivity index (χ4n) is 3.77. The van der Waals surface area contributed by atoms with Crippen molar-refractivity contribution in [3.63, 3.8) is 0 Å². The summed E-state index contributed by atoms with van der Waals surface area (Å²) >= 11 is 0. The number of methoxy groups -OCH3 is 3. The topological polar surface area (TPSA) is 88.6 Å². The molecule has 2 aliphatic heterocycles. The first kappa shape index (κ1) is 20.6. The number of carbonyl (C=O) groups excluding carboxylic acids is 3. The molecule has 0 aromatic rings. The molecule has 0 radical (unpaired) electrons. The van der Waals surface area contributed by atoms with E-state index >= 15 is 0 Å². The Kier molecular flexibility index (Phi) is 6.96. The zero-order valence-corrected chi connectivity index (χ0v) is 16.0. The van der Waals surface area contributed by atoms with Gasteiger partial charge >= 0.3 is 12.0 Å². The summed E-state index contributed by atoms with van der Waals surface area (Å²) in [5.74, 6) is -0.926. The number of carbonyl (C=O) groups is 3. The van der Waals surface area contributed by atoms with Crippen LogP contribution in [0.2, 0.25) is 0 Å². The molecular weight excluding hydrogens is 342 g/mol. The molecule has 2 aliphatic rings. The van der Waals surface area contributed by atoms with Crippen LogP contribution in [0.25, 0.3) is 0 Å². The smallest absolute Gasteiger partial charge is 0.328 e. The van der Waals surface area contributed by atoms with E-state index in [4.69, 9.17) is 9.47 Å². The van der Waals surface area contributed by atoms with Crippen LogP contribution in [0.5, 0.6) is 0 Å². The third-order valence-corrected chi connectivity index (χ3v) is 5.31. The predicted molar refractivity (Wildman–Crippen MR) is 92.6 cm³/mol. The summed E-state index contributed by atoms with van der Waals surface area (Å²) in [6.07, 6.45) is 1.04. The zero-order chi connectivity index (χ0) is 19.3. The minimum absolute atomic E-state index is 0.239. The predicted octanol–water partition coefficient (Wildman–Crippen LogP) is -0.0605. The van der Waals surface area contributed by atoms with Gasteiger partial charge in [0.2, 0.25) is 0 Å². The van der Waals surface area contributed by atoms with Crippen LogP contribution in [0.3, 0.4) is 0 Å². The lowest BCUT2D eigenvalue weighted by Gasteiger charge is -2.43. The zero-order valence-electron chi connectivity index (χ0n) is 16.0. The van der Waals surface area contributed by atoms with Gasteiger partial charge in [0.15, 0.2) is 0 Å². The Bertz CT molecular complexity index is 533. The number of rotatable bonds is 8. The molecule has 0 aromatic carbocycles. The highest BCUT2D eigenvalue weighted by Crippen LogP contribution is 2.37. The summed E-state index contributed by atoms with van der Waals surface area (Å²) in [6, 6.07) is -0.209. The fourth-order valence-corrected chi connectivity index (χ4v) is 3.77. The molecule has 9 heteroatoms. The number of imide groups is 1. The lowest BCUT2D eigenvalue weighted by Crippen LogP contribution is -2.58. The third-order valence-electron chi connectivity index (χ3n) is 5.31. The van der Waals surface area contributed by atoms with Gasteiger partial charge in [0, 0.05) is 39.9 Å². The number of esters is 1. The quantitative estimate of drug-likeness (QED) is 0.436. The summed E-state index contributed by atoms with van der Waals surface area (Å²) in [6.45, 7) is 4.33. The second-order valence-corrected chi connectivity index (χ2v) is 6.77. The molecule has 1 atom stereocenters. The van der Waals surface area contributed by atoms with Gasteiger partial charge in [-0.05, 0) is 19.8 Å². The highest BCUT2D eigenvalue weighted by Gasteiger charge is 2.58. The van der Waals surface area contributed by atoms with Crippen molar-refractivity contribution in [3.8, 4) is 0 Å². The van der Waals surface area contributed by atoms with Gasteiger partial charge in [0.25, 0.3) is 5.91 Å². The summed E-state index contributed by atoms with van der Waals surface area (Å²) in [5.41, 5.74) is -0.910. The van der Waals surface area contributed by atoms with E-state index in [1.807, 2.05) is 0 Å². The number of ether oxygens (including phenoxy) is 3. The first-order chi connectivity index (χ1) is 12.4. The highest BCUT2D eigenvalue weighted by atomic mass is 16.5. The van der Waals surface area contributed by atoms with E-state index in [1.54, 1.807) is 19.1 Å². The van der Waals surface area contributed by atoms with Gasteiger partial charge in [-0.2, -0.15) is 0 Å². The monoisotopic (exact) mass is 371 g/mol. The molecular formula is C17H29N3O6. The Morgan fingerprint density at radius 2 is 1.81 bits per heavy atom. The van der Waals surface area contributed by atoms with Gasteiger partial charge in [0.05, 0.1) is 20.3 Å². The molecule has 2 heterocycles. The van der Waals surface area contributed by atoms with Gasteiger partial charge < -0.3 is 19.1 Å². The minimum Gasteiger partial charge on any atom is -0.468 e. The Hall–Kier alpha value is -1.71. The van der Waals surface area contributed by atoms with Crippen molar-refractivity contribution in [2.24, 2.45) is 0 Å². The maximum absolute atomic E-state index is 13.1. The minimum atomic E-state index is -0.910. The van der Waals surface area contributed by atoms with Crippen LogP contribution < -0.4 is 0 Å². The van der Waals surface area contributed by atoms with Gasteiger partial charge in [-0.1, -0.05) is 0 Å². The van der Waals surface area contributed by atoms with E-state index in [0.717, 1.165) is 4.90 Å². The highest BCUT2D eigenvalue weighted by molar-refractivity contribution is 6.08. The van der Waals surface area contributed by atoms with Crippen molar-refractivity contribution in [1.82, 2.24) is 14.7 Å². The van der Waals surface area contributed by atoms with Crippen molar-refractivity contribution < 1.29 is 28.6 Å². The lowest BCUT2D eigenvalue weighted by molar-refractivity contribution is -0.146. The molecule has 2 fully saturated rings. The molecule has 26 heavy (non-hydrogen) atoms. The number of urea groups is 1. The summed E-state index contributed by atoms with van der Waals surface area (Å²) in [7, 11) is 4.45. The number of hydrogen-bond donors (Lipinski definition) is 0. The Labute approximate surface area is 154 Å². The average molecular weight is 371 g/mol. The van der Waals surface area contributed by atoms with Gasteiger partial charge in [-0.25, -0.2) is 4.79 Å². The van der Waals surface area contributed by atoms with E-state index in [9.17, 15) is 14.4 Å². The standard InChI is InChI=1S/C17H29N3O6/c1-13(12-25-3)18-7-5-17(6-8-18)15(22)19(11-14(21)26-4)16(23)20(17)9-10-24-2/h13H,5-12H2,1-4H3. The third kappa shape index (κ3) is 3.84. The number of nitrogens with zero attached hydrogens (tertiary/aromatic N) is 3. The molecule has 2 saturated heterocycles. The van der Waals surface area contributed by atoms with E-state index < -0.39 is 17.5 Å². The first-order valence-corrected chi connectivity index (χ1v) is 8.83. The molecule has 0 bridgehead atoms. The number of piperidine rings is 1. The molecule has 1 unspecified atom stereocenters. The molecule has 0 aromatic heterocycles. The number of likely N-dealkylation sites (tertiary alicyclic amines) is 1. The van der Waals surface area contributed by atoms with Crippen molar-refractivity contribution >= 4 is 17.9 Å². The van der Waals surface area contributed by atoms with Crippen molar-refractivity contribution in [3.05, 3.63) is 0 Å². The normalized spacial score (nSPS) is 21.5. The molecule has 3 amide bonds. The van der Waals surface area contributed by atoms with Gasteiger partial charge in [-0.15, -0.1) is 0 Å². The van der Waals surface area contributed by atoms with Crippen molar-refractivity contribution in [2.45, 2.75) is 31.3 Å². The number of hydrogen-bond acceptors (Lipinski definition) is 7. The van der Waals surface area contributed by atoms with Crippen LogP contribution in [0.4, 0.5) is 4.79 Å². The second kappa shape index (κ2) is 8.79. The lowest BCUT2D eigenvalue weighted by atomic mass is 9.85. The Balaban J connectivity index is 2.19. The first-order valence-electron chi connectivity index (χ1n) is 8.83. The number of amides is 3. The van der Waals surface area contributed by atoms with Crippen molar-refractivity contribution in [1.29, 1.82) is 0 Å². The van der Waals surface area contributed by atoms with Crippen LogP contribution in [0.15, 0.2) is 0 Å². The SMILES string of the molecule is COCCN1C(=O)N(CC(=O)OC)C(=O)C12CCN(C(C)COC)CC2. The Morgan fingerprint density at radius 3 is 2.35 bits per heavy atom. The molecule has 2 rings (SSSR count). The summed E-state index contributed by atoms with van der Waals surface area (Å²) in [5, 5.41) is 0. The molecule has 148 valence electrons. The molecule has 0 aliphatic carbocycles. The summed E-state index contributed by atoms with van der Waals surface area (Å²) in [4.78, 5) is 42.4. The molecule has 0 saturated carbocycles. The molecule has 1 spiro atoms. The Morgan fingerprint density at radius 1 is 1.15 bits per heavy atom. The van der Waals surface area contributed by atoms with Crippen LogP contribution in [-0.2, 0) is 23.8 Å². The van der Waals surface area contributed by atoms with Crippen molar-refractivity contribution in [2.75, 3.05) is 60.7 Å². The maximum Gasteiger partial charge on any atom is 0.328 e. The molecule has 9 nitrogen and oxygen atoms in total. The largest absolute Gasteiger partial charge is 0.468 e. The van der Waals surface area contributed by atoms with E-state index in [0.29, 0.717) is 45.7 Å². The summed E-state index contributed by atoms with van der Waals surface area (Å²) < 4.78 is 14.9. The van der Waals surface area contributed by atoms with Crippen LogP contribution in [-0.4, -0.2) is 105 Å². The van der Waals surface area contributed by atoms with Gasteiger partial charge in [0.1, 0.15) is 12.1 Å². The van der Waals surface area contributed by atoms with E-state index in [2.05, 4.69) is 16.6 Å². The van der Waals surface area contributed by atoms with Crippen LogP contribution >= 0.6 is 0 Å². The van der Waals surface area contributed by atoms with Crippen LogP contribution in [0.1, 0.15) is 19.8 Å². The average Bonchev–Trinajstić information content (AvgIpc) is 2.82.